The topological polar surface area (TPSA) is 67.9 Å². The van der Waals surface area contributed by atoms with Gasteiger partial charge in [-0.05, 0) is 53.8 Å². The summed E-state index contributed by atoms with van der Waals surface area (Å²) in [5, 5.41) is 2.89. The first-order chi connectivity index (χ1) is 18.0. The largest absolute Gasteiger partial charge is 0.493 e. The third-order valence-electron chi connectivity index (χ3n) is 5.86. The van der Waals surface area contributed by atoms with Crippen molar-refractivity contribution in [2.24, 2.45) is 0 Å². The van der Waals surface area contributed by atoms with Crippen LogP contribution in [0.3, 0.4) is 0 Å². The minimum Gasteiger partial charge on any atom is -0.493 e. The summed E-state index contributed by atoms with van der Waals surface area (Å²) in [5.41, 5.74) is 3.77. The van der Waals surface area contributed by atoms with Gasteiger partial charge in [0.1, 0.15) is 4.32 Å². The number of ether oxygens (including phenoxy) is 2. The number of carbonyl (C=O) groups is 2. The van der Waals surface area contributed by atoms with E-state index in [1.165, 1.54) is 18.9 Å². The predicted octanol–water partition coefficient (Wildman–Crippen LogP) is 5.72. The molecule has 0 saturated carbocycles. The van der Waals surface area contributed by atoms with Gasteiger partial charge >= 0.3 is 0 Å². The fraction of sp³-hybridized carbons (Fsp3) is 0.207. The molecule has 0 bridgehead atoms. The van der Waals surface area contributed by atoms with Gasteiger partial charge in [-0.15, -0.1) is 0 Å². The molecule has 8 heteroatoms. The lowest BCUT2D eigenvalue weighted by Crippen LogP contribution is -2.30. The lowest BCUT2D eigenvalue weighted by molar-refractivity contribution is -0.122. The van der Waals surface area contributed by atoms with Gasteiger partial charge in [-0.2, -0.15) is 0 Å². The number of nitrogens with one attached hydrogen (secondary N) is 1. The molecule has 3 aromatic carbocycles. The average Bonchev–Trinajstić information content (AvgIpc) is 3.18. The Hall–Kier alpha value is -3.62. The first-order valence-electron chi connectivity index (χ1n) is 12.0. The summed E-state index contributed by atoms with van der Waals surface area (Å²) in [7, 11) is 1.53. The van der Waals surface area contributed by atoms with E-state index in [9.17, 15) is 9.59 Å². The molecule has 1 saturated heterocycles. The number of methoxy groups -OCH3 is 1. The molecule has 1 N–H and O–H groups in total. The molecule has 0 aromatic heterocycles. The van der Waals surface area contributed by atoms with E-state index in [4.69, 9.17) is 21.7 Å². The third kappa shape index (κ3) is 6.78. The van der Waals surface area contributed by atoms with Crippen LogP contribution in [0, 0.1) is 0 Å². The molecule has 0 atom stereocenters. The Balaban J connectivity index is 1.39. The van der Waals surface area contributed by atoms with Crippen molar-refractivity contribution in [1.29, 1.82) is 0 Å². The van der Waals surface area contributed by atoms with Gasteiger partial charge in [0.15, 0.2) is 18.1 Å². The number of rotatable bonds is 10. The number of amides is 2. The molecule has 6 nitrogen and oxygen atoms in total. The molecule has 0 unspecified atom stereocenters. The van der Waals surface area contributed by atoms with Gasteiger partial charge in [-0.25, -0.2) is 0 Å². The summed E-state index contributed by atoms with van der Waals surface area (Å²) >= 11 is 6.75. The highest BCUT2D eigenvalue weighted by Crippen LogP contribution is 2.35. The van der Waals surface area contributed by atoms with Crippen LogP contribution in [0.2, 0.25) is 0 Å². The van der Waals surface area contributed by atoms with Crippen LogP contribution in [0.15, 0.2) is 77.7 Å². The Morgan fingerprint density at radius 2 is 1.81 bits per heavy atom. The maximum absolute atomic E-state index is 13.0. The normalized spacial score (nSPS) is 14.2. The summed E-state index contributed by atoms with van der Waals surface area (Å²) in [6.45, 7) is 2.41. The molecular formula is C29H28N2O4S2. The van der Waals surface area contributed by atoms with Crippen LogP contribution < -0.4 is 14.8 Å². The van der Waals surface area contributed by atoms with Crippen molar-refractivity contribution >= 4 is 51.9 Å². The SMILES string of the molecule is CCc1ccccc1NC(=O)COc1ccc(/C=C2\SC(=S)N(CCc3ccccc3)C2=O)cc1OC. The molecule has 1 heterocycles. The molecule has 1 fully saturated rings. The smallest absolute Gasteiger partial charge is 0.266 e. The van der Waals surface area contributed by atoms with Crippen LogP contribution in [0.1, 0.15) is 23.6 Å². The van der Waals surface area contributed by atoms with Crippen LogP contribution in [0.25, 0.3) is 6.08 Å². The average molecular weight is 533 g/mol. The zero-order chi connectivity index (χ0) is 26.2. The third-order valence-corrected chi connectivity index (χ3v) is 7.23. The molecule has 190 valence electrons. The number of nitrogens with zero attached hydrogens (tertiary/aromatic N) is 1. The molecule has 0 spiro atoms. The van der Waals surface area contributed by atoms with Gasteiger partial charge in [-0.1, -0.05) is 85.5 Å². The minimum atomic E-state index is -0.258. The molecule has 37 heavy (non-hydrogen) atoms. The van der Waals surface area contributed by atoms with E-state index in [1.54, 1.807) is 23.1 Å². The van der Waals surface area contributed by atoms with E-state index in [2.05, 4.69) is 5.32 Å². The van der Waals surface area contributed by atoms with Crippen molar-refractivity contribution in [3.8, 4) is 11.5 Å². The van der Waals surface area contributed by atoms with Crippen LogP contribution in [-0.2, 0) is 22.4 Å². The molecule has 0 radical (unpaired) electrons. The first kappa shape index (κ1) is 26.4. The quantitative estimate of drug-likeness (QED) is 0.266. The van der Waals surface area contributed by atoms with Gasteiger partial charge in [0.25, 0.3) is 11.8 Å². The predicted molar refractivity (Wildman–Crippen MR) is 153 cm³/mol. The number of benzene rings is 3. The molecule has 1 aliphatic rings. The summed E-state index contributed by atoms with van der Waals surface area (Å²) in [4.78, 5) is 27.6. The minimum absolute atomic E-state index is 0.103. The van der Waals surface area contributed by atoms with Crippen molar-refractivity contribution in [2.45, 2.75) is 19.8 Å². The molecule has 1 aliphatic heterocycles. The number of hydrogen-bond acceptors (Lipinski definition) is 6. The summed E-state index contributed by atoms with van der Waals surface area (Å²) in [5.74, 6) is 0.546. The summed E-state index contributed by atoms with van der Waals surface area (Å²) in [6.07, 6.45) is 3.35. The number of aryl methyl sites for hydroxylation is 1. The Morgan fingerprint density at radius 3 is 2.57 bits per heavy atom. The van der Waals surface area contributed by atoms with E-state index in [0.717, 1.165) is 35.2 Å². The monoisotopic (exact) mass is 532 g/mol. The second kappa shape index (κ2) is 12.6. The van der Waals surface area contributed by atoms with Crippen LogP contribution in [0.5, 0.6) is 11.5 Å². The lowest BCUT2D eigenvalue weighted by atomic mass is 10.1. The molecule has 3 aromatic rings. The number of carbonyl (C=O) groups excluding carboxylic acids is 2. The van der Waals surface area contributed by atoms with Crippen molar-refractivity contribution in [3.63, 3.8) is 0 Å². The fourth-order valence-corrected chi connectivity index (χ4v) is 5.21. The molecule has 2 amide bonds. The van der Waals surface area contributed by atoms with E-state index in [0.29, 0.717) is 27.3 Å². The van der Waals surface area contributed by atoms with Crippen molar-refractivity contribution < 1.29 is 19.1 Å². The van der Waals surface area contributed by atoms with Gasteiger partial charge < -0.3 is 14.8 Å². The molecular weight excluding hydrogens is 504 g/mol. The second-order valence-corrected chi connectivity index (χ2v) is 10.0. The zero-order valence-corrected chi connectivity index (χ0v) is 22.4. The Bertz CT molecular complexity index is 1320. The fourth-order valence-electron chi connectivity index (χ4n) is 3.90. The van der Waals surface area contributed by atoms with Crippen LogP contribution >= 0.6 is 24.0 Å². The highest BCUT2D eigenvalue weighted by Gasteiger charge is 2.31. The highest BCUT2D eigenvalue weighted by molar-refractivity contribution is 8.26. The summed E-state index contributed by atoms with van der Waals surface area (Å²) in [6, 6.07) is 23.0. The van der Waals surface area contributed by atoms with Crippen LogP contribution in [-0.4, -0.2) is 41.3 Å². The Kier molecular flexibility index (Phi) is 8.98. The van der Waals surface area contributed by atoms with E-state index >= 15 is 0 Å². The maximum atomic E-state index is 13.0. The molecule has 4 rings (SSSR count). The lowest BCUT2D eigenvalue weighted by Gasteiger charge is -2.14. The first-order valence-corrected chi connectivity index (χ1v) is 13.2. The Morgan fingerprint density at radius 1 is 1.05 bits per heavy atom. The van der Waals surface area contributed by atoms with Crippen LogP contribution in [0.4, 0.5) is 5.69 Å². The van der Waals surface area contributed by atoms with Gasteiger partial charge in [0, 0.05) is 12.2 Å². The van der Waals surface area contributed by atoms with Crippen molar-refractivity contribution in [1.82, 2.24) is 4.90 Å². The van der Waals surface area contributed by atoms with Gasteiger partial charge in [0.2, 0.25) is 0 Å². The number of anilines is 1. The van der Waals surface area contributed by atoms with Crippen molar-refractivity contribution in [3.05, 3.63) is 94.4 Å². The summed E-state index contributed by atoms with van der Waals surface area (Å²) < 4.78 is 11.8. The van der Waals surface area contributed by atoms with Gasteiger partial charge in [0.05, 0.1) is 12.0 Å². The highest BCUT2D eigenvalue weighted by atomic mass is 32.2. The number of hydrogen-bond donors (Lipinski definition) is 1. The second-order valence-electron chi connectivity index (χ2n) is 8.33. The van der Waals surface area contributed by atoms with E-state index in [1.807, 2.05) is 67.6 Å². The number of para-hydroxylation sites is 1. The number of thioether (sulfide) groups is 1. The molecule has 0 aliphatic carbocycles. The Labute approximate surface area is 226 Å². The van der Waals surface area contributed by atoms with Gasteiger partial charge in [-0.3, -0.25) is 14.5 Å². The van der Waals surface area contributed by atoms with E-state index < -0.39 is 0 Å². The maximum Gasteiger partial charge on any atom is 0.266 e. The number of thiocarbonyl (C=S) groups is 1. The van der Waals surface area contributed by atoms with Crippen molar-refractivity contribution in [2.75, 3.05) is 25.6 Å². The zero-order valence-electron chi connectivity index (χ0n) is 20.7. The standard InChI is InChI=1S/C29H28N2O4S2/c1-3-22-11-7-8-12-23(22)30-27(32)19-35-24-14-13-21(17-25(24)34-2)18-26-28(33)31(29(36)37-26)16-15-20-9-5-4-6-10-20/h4-14,17-18H,3,15-16,19H2,1-2H3,(H,30,32)/b26-18-. The van der Waals surface area contributed by atoms with E-state index in [-0.39, 0.29) is 18.4 Å².